The van der Waals surface area contributed by atoms with Crippen LogP contribution in [0, 0.1) is 0 Å². The number of aliphatic hydroxyl groups is 1. The highest BCUT2D eigenvalue weighted by Gasteiger charge is 2.30. The Hall–Kier alpha value is -3.08. The van der Waals surface area contributed by atoms with E-state index >= 15 is 0 Å². The zero-order valence-corrected chi connectivity index (χ0v) is 16.4. The van der Waals surface area contributed by atoms with Gasteiger partial charge in [0, 0.05) is 0 Å². The zero-order chi connectivity index (χ0) is 23.9. The van der Waals surface area contributed by atoms with E-state index in [0.29, 0.717) is 11.1 Å². The molecule has 2 aromatic carbocycles. The largest absolute Gasteiger partial charge is 0.461 e. The number of carbonyl (C=O) groups is 2. The average Bonchev–Trinajstić information content (AvgIpc) is 2.70. The van der Waals surface area contributed by atoms with Crippen molar-refractivity contribution in [1.29, 1.82) is 0 Å². The highest BCUT2D eigenvalue weighted by atomic mass is 19.4. The molecule has 2 rings (SSSR count). The summed E-state index contributed by atoms with van der Waals surface area (Å²) in [5.41, 5.74) is -1.09. The maximum absolute atomic E-state index is 12.5. The van der Waals surface area contributed by atoms with Crippen molar-refractivity contribution in [3.05, 3.63) is 70.8 Å². The fraction of sp³-hybridized carbons (Fsp3) is 0.333. The molecule has 1 N–H and O–H groups in total. The summed E-state index contributed by atoms with van der Waals surface area (Å²) < 4.78 is 84.7. The minimum absolute atomic E-state index is 0.303. The zero-order valence-electron chi connectivity index (χ0n) is 16.4. The van der Waals surface area contributed by atoms with Crippen molar-refractivity contribution in [3.63, 3.8) is 0 Å². The molecule has 0 unspecified atom stereocenters. The Morgan fingerprint density at radius 2 is 1.00 bits per heavy atom. The molecule has 0 saturated heterocycles. The van der Waals surface area contributed by atoms with Gasteiger partial charge in [0.2, 0.25) is 0 Å². The lowest BCUT2D eigenvalue weighted by Gasteiger charge is -2.12. The first-order valence-electron chi connectivity index (χ1n) is 9.16. The molecule has 0 amide bonds. The van der Waals surface area contributed by atoms with Gasteiger partial charge in [-0.3, -0.25) is 9.59 Å². The molecule has 0 spiro atoms. The summed E-state index contributed by atoms with van der Waals surface area (Å²) in [6.07, 6.45) is -11.5. The summed E-state index contributed by atoms with van der Waals surface area (Å²) in [7, 11) is 0. The maximum atomic E-state index is 12.5. The number of aliphatic hydroxyl groups excluding tert-OH is 1. The Balaban J connectivity index is 1.71. The van der Waals surface area contributed by atoms with Crippen LogP contribution in [-0.2, 0) is 44.6 Å². The Bertz CT molecular complexity index is 829. The topological polar surface area (TPSA) is 72.8 Å². The molecular weight excluding hydrogens is 446 g/mol. The van der Waals surface area contributed by atoms with Crippen LogP contribution in [0.3, 0.4) is 0 Å². The van der Waals surface area contributed by atoms with Crippen LogP contribution in [0.5, 0.6) is 0 Å². The van der Waals surface area contributed by atoms with Gasteiger partial charge in [-0.05, 0) is 35.4 Å². The molecule has 0 aliphatic carbocycles. The summed E-state index contributed by atoms with van der Waals surface area (Å²) in [5.74, 6) is -1.76. The molecule has 174 valence electrons. The van der Waals surface area contributed by atoms with E-state index in [1.54, 1.807) is 0 Å². The fourth-order valence-electron chi connectivity index (χ4n) is 2.48. The molecule has 0 aliphatic rings. The Morgan fingerprint density at radius 3 is 1.28 bits per heavy atom. The number of esters is 2. The molecule has 0 radical (unpaired) electrons. The van der Waals surface area contributed by atoms with Crippen molar-refractivity contribution in [1.82, 2.24) is 0 Å². The van der Waals surface area contributed by atoms with Crippen LogP contribution in [0.4, 0.5) is 26.3 Å². The second-order valence-electron chi connectivity index (χ2n) is 6.77. The molecule has 0 heterocycles. The van der Waals surface area contributed by atoms with E-state index in [0.717, 1.165) is 48.5 Å². The molecule has 0 aliphatic heterocycles. The molecule has 0 bridgehead atoms. The van der Waals surface area contributed by atoms with E-state index in [4.69, 9.17) is 9.47 Å². The molecule has 5 nitrogen and oxygen atoms in total. The van der Waals surface area contributed by atoms with Crippen molar-refractivity contribution in [2.24, 2.45) is 0 Å². The molecule has 11 heteroatoms. The maximum Gasteiger partial charge on any atom is 0.416 e. The summed E-state index contributed by atoms with van der Waals surface area (Å²) in [5, 5.41) is 9.78. The number of ether oxygens (including phenoxy) is 2. The second kappa shape index (κ2) is 10.5. The van der Waals surface area contributed by atoms with Gasteiger partial charge in [-0.1, -0.05) is 24.3 Å². The Morgan fingerprint density at radius 1 is 0.688 bits per heavy atom. The van der Waals surface area contributed by atoms with Gasteiger partial charge in [-0.2, -0.15) is 26.3 Å². The SMILES string of the molecule is O=C(CC(O)CC(=O)OCc1ccc(C(F)(F)F)cc1)OCc1ccc(C(F)(F)F)cc1. The lowest BCUT2D eigenvalue weighted by molar-refractivity contribution is -0.151. The van der Waals surface area contributed by atoms with Crippen LogP contribution in [0.15, 0.2) is 48.5 Å². The monoisotopic (exact) mass is 464 g/mol. The number of benzene rings is 2. The third-order valence-corrected chi connectivity index (χ3v) is 4.17. The number of halogens is 6. The first-order chi connectivity index (χ1) is 14.8. The molecule has 2 aromatic rings. The molecule has 0 atom stereocenters. The summed E-state index contributed by atoms with van der Waals surface area (Å²) in [6, 6.07) is 7.93. The van der Waals surface area contributed by atoms with Gasteiger partial charge >= 0.3 is 24.3 Å². The van der Waals surface area contributed by atoms with Gasteiger partial charge in [-0.15, -0.1) is 0 Å². The van der Waals surface area contributed by atoms with Gasteiger partial charge in [0.05, 0.1) is 30.1 Å². The van der Waals surface area contributed by atoms with E-state index in [9.17, 15) is 41.0 Å². The average molecular weight is 464 g/mol. The predicted octanol–water partition coefficient (Wildman–Crippen LogP) is 4.65. The lowest BCUT2D eigenvalue weighted by atomic mass is 10.1. The molecule has 32 heavy (non-hydrogen) atoms. The van der Waals surface area contributed by atoms with Crippen molar-refractivity contribution in [3.8, 4) is 0 Å². The normalized spacial score (nSPS) is 12.0. The highest BCUT2D eigenvalue weighted by molar-refractivity contribution is 5.73. The summed E-state index contributed by atoms with van der Waals surface area (Å²) >= 11 is 0. The number of hydrogen-bond acceptors (Lipinski definition) is 5. The minimum atomic E-state index is -4.49. The standard InChI is InChI=1S/C21H18F6O5/c22-20(23,24)15-5-1-13(2-6-15)11-31-18(29)9-17(28)10-19(30)32-12-14-3-7-16(8-4-14)21(25,26)27/h1-8,17,28H,9-12H2. The predicted molar refractivity (Wildman–Crippen MR) is 97.7 cm³/mol. The van der Waals surface area contributed by atoms with Crippen LogP contribution >= 0.6 is 0 Å². The Labute approximate surface area is 178 Å². The van der Waals surface area contributed by atoms with Gasteiger partial charge in [0.15, 0.2) is 0 Å². The first-order valence-corrected chi connectivity index (χ1v) is 9.16. The Kier molecular flexibility index (Phi) is 8.25. The first kappa shape index (κ1) is 25.2. The number of carbonyl (C=O) groups excluding carboxylic acids is 2. The number of alkyl halides is 6. The van der Waals surface area contributed by atoms with Crippen molar-refractivity contribution >= 4 is 11.9 Å². The van der Waals surface area contributed by atoms with Crippen molar-refractivity contribution in [2.75, 3.05) is 0 Å². The van der Waals surface area contributed by atoms with Crippen molar-refractivity contribution < 1.29 is 50.5 Å². The van der Waals surface area contributed by atoms with Gasteiger partial charge in [-0.25, -0.2) is 0 Å². The van der Waals surface area contributed by atoms with Gasteiger partial charge < -0.3 is 14.6 Å². The van der Waals surface area contributed by atoms with Gasteiger partial charge in [0.1, 0.15) is 13.2 Å². The summed E-state index contributed by atoms with van der Waals surface area (Å²) in [4.78, 5) is 23.4. The molecule has 0 aromatic heterocycles. The molecule has 0 saturated carbocycles. The summed E-state index contributed by atoms with van der Waals surface area (Å²) in [6.45, 7) is -0.635. The number of hydrogen-bond donors (Lipinski definition) is 1. The third-order valence-electron chi connectivity index (χ3n) is 4.17. The minimum Gasteiger partial charge on any atom is -0.461 e. The van der Waals surface area contributed by atoms with Crippen LogP contribution < -0.4 is 0 Å². The van der Waals surface area contributed by atoms with E-state index in [-0.39, 0.29) is 13.2 Å². The van der Waals surface area contributed by atoms with E-state index < -0.39 is 54.4 Å². The molecule has 0 fully saturated rings. The van der Waals surface area contributed by atoms with E-state index in [1.165, 1.54) is 0 Å². The molecular formula is C21H18F6O5. The second-order valence-corrected chi connectivity index (χ2v) is 6.77. The van der Waals surface area contributed by atoms with E-state index in [1.807, 2.05) is 0 Å². The number of rotatable bonds is 8. The van der Waals surface area contributed by atoms with Crippen LogP contribution in [0.25, 0.3) is 0 Å². The fourth-order valence-corrected chi connectivity index (χ4v) is 2.48. The van der Waals surface area contributed by atoms with Gasteiger partial charge in [0.25, 0.3) is 0 Å². The van der Waals surface area contributed by atoms with E-state index in [2.05, 4.69) is 0 Å². The smallest absolute Gasteiger partial charge is 0.416 e. The highest BCUT2D eigenvalue weighted by Crippen LogP contribution is 2.30. The lowest BCUT2D eigenvalue weighted by Crippen LogP contribution is -2.20. The quantitative estimate of drug-likeness (QED) is 0.455. The third kappa shape index (κ3) is 8.22. The van der Waals surface area contributed by atoms with Crippen molar-refractivity contribution in [2.45, 2.75) is 44.5 Å². The van der Waals surface area contributed by atoms with Crippen LogP contribution in [-0.4, -0.2) is 23.1 Å². The van der Waals surface area contributed by atoms with Crippen LogP contribution in [0.2, 0.25) is 0 Å². The van der Waals surface area contributed by atoms with Crippen LogP contribution in [0.1, 0.15) is 35.1 Å².